The molecular weight excluding hydrogens is 158 g/mol. The van der Waals surface area contributed by atoms with E-state index in [1.54, 1.807) is 12.3 Å². The van der Waals surface area contributed by atoms with Crippen molar-refractivity contribution in [3.8, 4) is 0 Å². The van der Waals surface area contributed by atoms with E-state index in [1.807, 2.05) is 0 Å². The van der Waals surface area contributed by atoms with Crippen molar-refractivity contribution in [1.29, 1.82) is 0 Å². The van der Waals surface area contributed by atoms with E-state index in [0.29, 0.717) is 12.4 Å². The van der Waals surface area contributed by atoms with E-state index in [9.17, 15) is 4.79 Å². The number of carbonyl (C=O) groups is 1. The van der Waals surface area contributed by atoms with Crippen LogP contribution < -0.4 is 5.32 Å². The lowest BCUT2D eigenvalue weighted by molar-refractivity contribution is -0.136. The standard InChI is InChI=1S/C7H9N3O2/c11-7(12)2-4-9-6-1-3-8-5-10-6/h1,3,5H,2,4H2,(H,11,12)(H,8,9,10). The number of carboxylic acid groups (broad SMARTS) is 1. The summed E-state index contributed by atoms with van der Waals surface area (Å²) in [5, 5.41) is 11.2. The topological polar surface area (TPSA) is 75.1 Å². The van der Waals surface area contributed by atoms with Gasteiger partial charge < -0.3 is 10.4 Å². The third-order valence-electron chi connectivity index (χ3n) is 1.23. The zero-order valence-electron chi connectivity index (χ0n) is 6.40. The van der Waals surface area contributed by atoms with E-state index in [2.05, 4.69) is 15.3 Å². The van der Waals surface area contributed by atoms with Crippen LogP contribution in [0.4, 0.5) is 5.82 Å². The second kappa shape index (κ2) is 4.27. The Bertz CT molecular complexity index is 250. The third-order valence-corrected chi connectivity index (χ3v) is 1.23. The molecule has 0 radical (unpaired) electrons. The highest BCUT2D eigenvalue weighted by atomic mass is 16.4. The molecule has 0 fully saturated rings. The molecule has 12 heavy (non-hydrogen) atoms. The number of aliphatic carboxylic acids is 1. The fraction of sp³-hybridized carbons (Fsp3) is 0.286. The van der Waals surface area contributed by atoms with Crippen LogP contribution in [0.2, 0.25) is 0 Å². The number of hydrogen-bond donors (Lipinski definition) is 2. The van der Waals surface area contributed by atoms with Crippen LogP contribution >= 0.6 is 0 Å². The molecule has 1 rings (SSSR count). The highest BCUT2D eigenvalue weighted by Crippen LogP contribution is 1.96. The minimum Gasteiger partial charge on any atom is -0.481 e. The summed E-state index contributed by atoms with van der Waals surface area (Å²) in [5.41, 5.74) is 0. The highest BCUT2D eigenvalue weighted by Gasteiger charge is 1.95. The Balaban J connectivity index is 2.29. The molecule has 0 spiro atoms. The predicted molar refractivity (Wildman–Crippen MR) is 42.8 cm³/mol. The van der Waals surface area contributed by atoms with Crippen molar-refractivity contribution in [2.75, 3.05) is 11.9 Å². The van der Waals surface area contributed by atoms with E-state index < -0.39 is 5.97 Å². The molecule has 0 aliphatic rings. The van der Waals surface area contributed by atoms with Gasteiger partial charge in [-0.25, -0.2) is 9.97 Å². The minimum absolute atomic E-state index is 0.0873. The molecule has 0 bridgehead atoms. The molecule has 0 saturated heterocycles. The second-order valence-electron chi connectivity index (χ2n) is 2.17. The lowest BCUT2D eigenvalue weighted by atomic mass is 10.4. The zero-order chi connectivity index (χ0) is 8.81. The molecule has 1 aromatic rings. The summed E-state index contributed by atoms with van der Waals surface area (Å²) in [4.78, 5) is 17.7. The molecular formula is C7H9N3O2. The number of rotatable bonds is 4. The van der Waals surface area contributed by atoms with E-state index in [0.717, 1.165) is 0 Å². The van der Waals surface area contributed by atoms with Crippen molar-refractivity contribution in [2.45, 2.75) is 6.42 Å². The average molecular weight is 167 g/mol. The van der Waals surface area contributed by atoms with Gasteiger partial charge in [0, 0.05) is 12.7 Å². The number of aromatic nitrogens is 2. The molecule has 5 heteroatoms. The first kappa shape index (κ1) is 8.45. The number of hydrogen-bond acceptors (Lipinski definition) is 4. The summed E-state index contributed by atoms with van der Waals surface area (Å²) in [6.07, 6.45) is 3.09. The molecule has 1 aromatic heterocycles. The third kappa shape index (κ3) is 2.96. The molecule has 0 aliphatic carbocycles. The van der Waals surface area contributed by atoms with Crippen LogP contribution in [0.15, 0.2) is 18.6 Å². The fourth-order valence-electron chi connectivity index (χ4n) is 0.693. The second-order valence-corrected chi connectivity index (χ2v) is 2.17. The highest BCUT2D eigenvalue weighted by molar-refractivity contribution is 5.67. The number of anilines is 1. The molecule has 0 saturated carbocycles. The van der Waals surface area contributed by atoms with E-state index in [1.165, 1.54) is 6.33 Å². The number of nitrogens with zero attached hydrogens (tertiary/aromatic N) is 2. The van der Waals surface area contributed by atoms with Gasteiger partial charge in [0.15, 0.2) is 0 Å². The molecule has 2 N–H and O–H groups in total. The normalized spacial score (nSPS) is 9.33. The quantitative estimate of drug-likeness (QED) is 0.677. The van der Waals surface area contributed by atoms with Crippen LogP contribution in [0, 0.1) is 0 Å². The largest absolute Gasteiger partial charge is 0.481 e. The lowest BCUT2D eigenvalue weighted by Gasteiger charge is -2.00. The molecule has 1 heterocycles. The number of carboxylic acids is 1. The Morgan fingerprint density at radius 3 is 3.08 bits per heavy atom. The number of nitrogens with one attached hydrogen (secondary N) is 1. The first-order valence-corrected chi connectivity index (χ1v) is 3.51. The maximum atomic E-state index is 10.1. The van der Waals surface area contributed by atoms with Crippen LogP contribution in [0.1, 0.15) is 6.42 Å². The molecule has 0 aromatic carbocycles. The van der Waals surface area contributed by atoms with Gasteiger partial charge in [0.05, 0.1) is 6.42 Å². The summed E-state index contributed by atoms with van der Waals surface area (Å²) in [6.45, 7) is 0.381. The van der Waals surface area contributed by atoms with Gasteiger partial charge in [-0.3, -0.25) is 4.79 Å². The Labute approximate surface area is 69.5 Å². The monoisotopic (exact) mass is 167 g/mol. The maximum Gasteiger partial charge on any atom is 0.305 e. The first-order valence-electron chi connectivity index (χ1n) is 3.51. The van der Waals surface area contributed by atoms with Gasteiger partial charge in [-0.15, -0.1) is 0 Å². The van der Waals surface area contributed by atoms with Crippen LogP contribution in [-0.4, -0.2) is 27.6 Å². The summed E-state index contributed by atoms with van der Waals surface area (Å²) >= 11 is 0. The Kier molecular flexibility index (Phi) is 3.01. The average Bonchev–Trinajstić information content (AvgIpc) is 2.05. The van der Waals surface area contributed by atoms with Gasteiger partial charge in [0.2, 0.25) is 0 Å². The van der Waals surface area contributed by atoms with Gasteiger partial charge >= 0.3 is 5.97 Å². The first-order chi connectivity index (χ1) is 5.79. The smallest absolute Gasteiger partial charge is 0.305 e. The van der Waals surface area contributed by atoms with Crippen molar-refractivity contribution in [3.05, 3.63) is 18.6 Å². The molecule has 5 nitrogen and oxygen atoms in total. The molecule has 0 amide bonds. The Hall–Kier alpha value is -1.65. The molecule has 64 valence electrons. The van der Waals surface area contributed by atoms with E-state index >= 15 is 0 Å². The van der Waals surface area contributed by atoms with E-state index in [-0.39, 0.29) is 6.42 Å². The summed E-state index contributed by atoms with van der Waals surface area (Å²) in [5.74, 6) is -0.178. The van der Waals surface area contributed by atoms with Crippen LogP contribution in [0.3, 0.4) is 0 Å². The maximum absolute atomic E-state index is 10.1. The van der Waals surface area contributed by atoms with Crippen molar-refractivity contribution in [1.82, 2.24) is 9.97 Å². The van der Waals surface area contributed by atoms with Crippen molar-refractivity contribution in [3.63, 3.8) is 0 Å². The predicted octanol–water partition coefficient (Wildman–Crippen LogP) is 0.363. The van der Waals surface area contributed by atoms with Crippen molar-refractivity contribution < 1.29 is 9.90 Å². The molecule has 0 unspecified atom stereocenters. The SMILES string of the molecule is O=C(O)CCNc1ccncn1. The van der Waals surface area contributed by atoms with Gasteiger partial charge in [0.1, 0.15) is 12.1 Å². The minimum atomic E-state index is -0.823. The molecule has 0 atom stereocenters. The van der Waals surface area contributed by atoms with Crippen molar-refractivity contribution >= 4 is 11.8 Å². The van der Waals surface area contributed by atoms with Gasteiger partial charge in [-0.1, -0.05) is 0 Å². The Morgan fingerprint density at radius 1 is 1.67 bits per heavy atom. The summed E-state index contributed by atoms with van der Waals surface area (Å²) in [6, 6.07) is 1.68. The Morgan fingerprint density at radius 2 is 2.50 bits per heavy atom. The van der Waals surface area contributed by atoms with Crippen LogP contribution in [0.25, 0.3) is 0 Å². The lowest BCUT2D eigenvalue weighted by Crippen LogP contribution is -2.08. The van der Waals surface area contributed by atoms with E-state index in [4.69, 9.17) is 5.11 Å². The van der Waals surface area contributed by atoms with Crippen LogP contribution in [0.5, 0.6) is 0 Å². The van der Waals surface area contributed by atoms with Crippen LogP contribution in [-0.2, 0) is 4.79 Å². The van der Waals surface area contributed by atoms with Crippen molar-refractivity contribution in [2.24, 2.45) is 0 Å². The van der Waals surface area contributed by atoms with Gasteiger partial charge in [0.25, 0.3) is 0 Å². The summed E-state index contributed by atoms with van der Waals surface area (Å²) < 4.78 is 0. The summed E-state index contributed by atoms with van der Waals surface area (Å²) in [7, 11) is 0. The van der Waals surface area contributed by atoms with Gasteiger partial charge in [-0.05, 0) is 6.07 Å². The molecule has 0 aliphatic heterocycles. The van der Waals surface area contributed by atoms with Gasteiger partial charge in [-0.2, -0.15) is 0 Å². The fourth-order valence-corrected chi connectivity index (χ4v) is 0.693. The zero-order valence-corrected chi connectivity index (χ0v) is 6.40.